The Hall–Kier alpha value is -3.74. The zero-order chi connectivity index (χ0) is 22.1. The Bertz CT molecular complexity index is 1280. The number of anilines is 1. The number of ether oxygens (including phenoxy) is 1. The standard InChI is InChI=1S/C24H25N5O2/c1-14-6-11-21(15(2)12-14)26-22(30)13-20-16(3)25-24-27-23(28-29(24)17(20)4)18-7-9-19(31-5)10-8-18/h6-12H,13H2,1-5H3,(H,26,30). The first kappa shape index (κ1) is 20.5. The fourth-order valence-electron chi connectivity index (χ4n) is 3.64. The summed E-state index contributed by atoms with van der Waals surface area (Å²) in [5.41, 5.74) is 6.37. The summed E-state index contributed by atoms with van der Waals surface area (Å²) in [6, 6.07) is 13.5. The molecule has 1 amide bonds. The van der Waals surface area contributed by atoms with Gasteiger partial charge in [-0.1, -0.05) is 17.7 Å². The van der Waals surface area contributed by atoms with Gasteiger partial charge in [0.15, 0.2) is 5.82 Å². The van der Waals surface area contributed by atoms with Crippen LogP contribution >= 0.6 is 0 Å². The summed E-state index contributed by atoms with van der Waals surface area (Å²) >= 11 is 0. The van der Waals surface area contributed by atoms with E-state index in [0.717, 1.165) is 45.1 Å². The van der Waals surface area contributed by atoms with E-state index in [-0.39, 0.29) is 12.3 Å². The molecule has 31 heavy (non-hydrogen) atoms. The fourth-order valence-corrected chi connectivity index (χ4v) is 3.64. The van der Waals surface area contributed by atoms with Gasteiger partial charge in [0.2, 0.25) is 5.91 Å². The highest BCUT2D eigenvalue weighted by Gasteiger charge is 2.17. The van der Waals surface area contributed by atoms with Crippen molar-refractivity contribution in [3.63, 3.8) is 0 Å². The predicted octanol–water partition coefficient (Wildman–Crippen LogP) is 4.21. The number of amides is 1. The smallest absolute Gasteiger partial charge is 0.253 e. The van der Waals surface area contributed by atoms with Gasteiger partial charge < -0.3 is 10.1 Å². The molecule has 1 N–H and O–H groups in total. The first-order chi connectivity index (χ1) is 14.9. The second kappa shape index (κ2) is 8.18. The van der Waals surface area contributed by atoms with Gasteiger partial charge in [0.05, 0.1) is 13.5 Å². The van der Waals surface area contributed by atoms with Crippen molar-refractivity contribution in [1.29, 1.82) is 0 Å². The van der Waals surface area contributed by atoms with E-state index in [0.29, 0.717) is 11.6 Å². The summed E-state index contributed by atoms with van der Waals surface area (Å²) in [4.78, 5) is 21.9. The average Bonchev–Trinajstić information content (AvgIpc) is 3.17. The Labute approximate surface area is 181 Å². The van der Waals surface area contributed by atoms with Crippen LogP contribution in [0.3, 0.4) is 0 Å². The van der Waals surface area contributed by atoms with Crippen molar-refractivity contribution in [2.75, 3.05) is 12.4 Å². The Morgan fingerprint density at radius 2 is 1.77 bits per heavy atom. The Morgan fingerprint density at radius 1 is 1.03 bits per heavy atom. The quantitative estimate of drug-likeness (QED) is 0.528. The van der Waals surface area contributed by atoms with Gasteiger partial charge in [0.25, 0.3) is 5.78 Å². The highest BCUT2D eigenvalue weighted by Crippen LogP contribution is 2.22. The molecule has 0 fully saturated rings. The minimum atomic E-state index is -0.0882. The molecule has 0 saturated carbocycles. The summed E-state index contributed by atoms with van der Waals surface area (Å²) in [6.45, 7) is 7.86. The molecule has 0 saturated heterocycles. The Kier molecular flexibility index (Phi) is 5.42. The number of nitrogens with one attached hydrogen (secondary N) is 1. The lowest BCUT2D eigenvalue weighted by atomic mass is 10.1. The van der Waals surface area contributed by atoms with Crippen molar-refractivity contribution < 1.29 is 9.53 Å². The maximum Gasteiger partial charge on any atom is 0.253 e. The number of carbonyl (C=O) groups excluding carboxylic acids is 1. The molecular formula is C24H25N5O2. The molecule has 4 aromatic rings. The van der Waals surface area contributed by atoms with E-state index in [1.165, 1.54) is 0 Å². The highest BCUT2D eigenvalue weighted by molar-refractivity contribution is 5.93. The van der Waals surface area contributed by atoms with Crippen LogP contribution in [0.25, 0.3) is 17.2 Å². The van der Waals surface area contributed by atoms with Gasteiger partial charge in [0.1, 0.15) is 5.75 Å². The first-order valence-electron chi connectivity index (χ1n) is 10.1. The van der Waals surface area contributed by atoms with Crippen molar-refractivity contribution in [1.82, 2.24) is 19.6 Å². The number of hydrogen-bond acceptors (Lipinski definition) is 5. The number of nitrogens with zero attached hydrogens (tertiary/aromatic N) is 4. The van der Waals surface area contributed by atoms with E-state index in [2.05, 4.69) is 26.4 Å². The van der Waals surface area contributed by atoms with E-state index in [1.54, 1.807) is 11.6 Å². The number of fused-ring (bicyclic) bond motifs is 1. The molecule has 0 aliphatic carbocycles. The highest BCUT2D eigenvalue weighted by atomic mass is 16.5. The molecule has 7 nitrogen and oxygen atoms in total. The lowest BCUT2D eigenvalue weighted by Gasteiger charge is -2.12. The summed E-state index contributed by atoms with van der Waals surface area (Å²) in [5, 5.41) is 7.63. The van der Waals surface area contributed by atoms with E-state index in [9.17, 15) is 4.79 Å². The summed E-state index contributed by atoms with van der Waals surface area (Å²) < 4.78 is 6.91. The molecule has 0 atom stereocenters. The Morgan fingerprint density at radius 3 is 2.45 bits per heavy atom. The second-order valence-electron chi connectivity index (χ2n) is 7.68. The maximum atomic E-state index is 12.8. The molecule has 158 valence electrons. The monoisotopic (exact) mass is 415 g/mol. The SMILES string of the molecule is COc1ccc(-c2nc3nc(C)c(CC(=O)Nc4ccc(C)cc4C)c(C)n3n2)cc1. The first-order valence-corrected chi connectivity index (χ1v) is 10.1. The lowest BCUT2D eigenvalue weighted by Crippen LogP contribution is -2.18. The van der Waals surface area contributed by atoms with Crippen LogP contribution in [-0.2, 0) is 11.2 Å². The minimum Gasteiger partial charge on any atom is -0.497 e. The van der Waals surface area contributed by atoms with Gasteiger partial charge in [-0.2, -0.15) is 4.98 Å². The van der Waals surface area contributed by atoms with Crippen LogP contribution in [0.5, 0.6) is 5.75 Å². The van der Waals surface area contributed by atoms with Crippen molar-refractivity contribution in [3.8, 4) is 17.1 Å². The third-order valence-electron chi connectivity index (χ3n) is 5.39. The molecule has 0 aliphatic rings. The molecular weight excluding hydrogens is 390 g/mol. The number of benzene rings is 2. The Balaban J connectivity index is 1.62. The van der Waals surface area contributed by atoms with Gasteiger partial charge >= 0.3 is 0 Å². The molecule has 0 radical (unpaired) electrons. The van der Waals surface area contributed by atoms with Gasteiger partial charge in [-0.05, 0) is 63.6 Å². The van der Waals surface area contributed by atoms with E-state index in [4.69, 9.17) is 4.74 Å². The molecule has 0 bridgehead atoms. The molecule has 0 spiro atoms. The van der Waals surface area contributed by atoms with Crippen LogP contribution in [0, 0.1) is 27.7 Å². The maximum absolute atomic E-state index is 12.8. The van der Waals surface area contributed by atoms with Crippen LogP contribution in [-0.4, -0.2) is 32.6 Å². The van der Waals surface area contributed by atoms with Gasteiger partial charge in [-0.3, -0.25) is 4.79 Å². The lowest BCUT2D eigenvalue weighted by molar-refractivity contribution is -0.115. The summed E-state index contributed by atoms with van der Waals surface area (Å²) in [6.07, 6.45) is 0.214. The van der Waals surface area contributed by atoms with Crippen LogP contribution in [0.15, 0.2) is 42.5 Å². The number of carbonyl (C=O) groups is 1. The van der Waals surface area contributed by atoms with E-state index in [1.807, 2.05) is 64.1 Å². The predicted molar refractivity (Wildman–Crippen MR) is 120 cm³/mol. The van der Waals surface area contributed by atoms with Gasteiger partial charge in [-0.25, -0.2) is 9.50 Å². The normalized spacial score (nSPS) is 11.0. The number of aromatic nitrogens is 4. The van der Waals surface area contributed by atoms with Crippen molar-refractivity contribution >= 4 is 17.4 Å². The molecule has 2 aromatic carbocycles. The topological polar surface area (TPSA) is 81.4 Å². The fraction of sp³-hybridized carbons (Fsp3) is 0.250. The van der Waals surface area contributed by atoms with Crippen molar-refractivity contribution in [2.45, 2.75) is 34.1 Å². The van der Waals surface area contributed by atoms with E-state index < -0.39 is 0 Å². The number of aryl methyl sites for hydroxylation is 4. The van der Waals surface area contributed by atoms with Crippen molar-refractivity contribution in [2.24, 2.45) is 0 Å². The molecule has 2 heterocycles. The number of methoxy groups -OCH3 is 1. The van der Waals surface area contributed by atoms with Crippen LogP contribution in [0.1, 0.15) is 28.1 Å². The zero-order valence-electron chi connectivity index (χ0n) is 18.4. The van der Waals surface area contributed by atoms with Crippen LogP contribution < -0.4 is 10.1 Å². The number of hydrogen-bond donors (Lipinski definition) is 1. The molecule has 4 rings (SSSR count). The van der Waals surface area contributed by atoms with Gasteiger partial charge in [0, 0.05) is 28.2 Å². The molecule has 0 unspecified atom stereocenters. The summed E-state index contributed by atoms with van der Waals surface area (Å²) in [5.74, 6) is 1.78. The third-order valence-corrected chi connectivity index (χ3v) is 5.39. The minimum absolute atomic E-state index is 0.0882. The average molecular weight is 415 g/mol. The third kappa shape index (κ3) is 4.12. The molecule has 0 aliphatic heterocycles. The molecule has 2 aromatic heterocycles. The van der Waals surface area contributed by atoms with E-state index >= 15 is 0 Å². The van der Waals surface area contributed by atoms with Crippen molar-refractivity contribution in [3.05, 3.63) is 70.5 Å². The zero-order valence-corrected chi connectivity index (χ0v) is 18.4. The van der Waals surface area contributed by atoms with Crippen LogP contribution in [0.4, 0.5) is 5.69 Å². The summed E-state index contributed by atoms with van der Waals surface area (Å²) in [7, 11) is 1.63. The molecule has 7 heteroatoms. The number of rotatable bonds is 5. The van der Waals surface area contributed by atoms with Gasteiger partial charge in [-0.15, -0.1) is 5.10 Å². The second-order valence-corrected chi connectivity index (χ2v) is 7.68. The largest absolute Gasteiger partial charge is 0.497 e. The van der Waals surface area contributed by atoms with Crippen LogP contribution in [0.2, 0.25) is 0 Å².